The predicted octanol–water partition coefficient (Wildman–Crippen LogP) is 3.76. The zero-order chi connectivity index (χ0) is 15.4. The van der Waals surface area contributed by atoms with Gasteiger partial charge in [-0.3, -0.25) is 0 Å². The first kappa shape index (κ1) is 15.3. The molecule has 2 amide bonds. The molecule has 2 aromatic rings. The lowest BCUT2D eigenvalue weighted by molar-refractivity contribution is 0.0697. The normalized spacial score (nSPS) is 10.2. The van der Waals surface area contributed by atoms with E-state index in [1.165, 1.54) is 17.0 Å². The molecule has 0 aliphatic carbocycles. The molecule has 1 aromatic heterocycles. The van der Waals surface area contributed by atoms with E-state index in [1.807, 2.05) is 16.8 Å². The van der Waals surface area contributed by atoms with Crippen molar-refractivity contribution in [1.29, 1.82) is 0 Å². The van der Waals surface area contributed by atoms with Gasteiger partial charge in [-0.2, -0.15) is 11.3 Å². The lowest BCUT2D eigenvalue weighted by Gasteiger charge is -2.17. The summed E-state index contributed by atoms with van der Waals surface area (Å²) < 4.78 is 0. The number of carbonyl (C=O) groups excluding carboxylic acids is 1. The largest absolute Gasteiger partial charge is 0.478 e. The summed E-state index contributed by atoms with van der Waals surface area (Å²) in [5.41, 5.74) is 1.38. The Morgan fingerprint density at radius 1 is 1.38 bits per heavy atom. The quantitative estimate of drug-likeness (QED) is 0.899. The highest BCUT2D eigenvalue weighted by Gasteiger charge is 2.13. The number of halogens is 1. The summed E-state index contributed by atoms with van der Waals surface area (Å²) in [5, 5.41) is 15.7. The van der Waals surface area contributed by atoms with Crippen LogP contribution in [0.5, 0.6) is 0 Å². The fourth-order valence-electron chi connectivity index (χ4n) is 1.71. The second kappa shape index (κ2) is 6.60. The van der Waals surface area contributed by atoms with Crippen molar-refractivity contribution < 1.29 is 14.7 Å². The zero-order valence-electron chi connectivity index (χ0n) is 11.2. The molecule has 5 nitrogen and oxygen atoms in total. The lowest BCUT2D eigenvalue weighted by atomic mass is 10.2. The number of anilines is 1. The van der Waals surface area contributed by atoms with Gasteiger partial charge < -0.3 is 15.3 Å². The molecule has 1 heterocycles. The maximum atomic E-state index is 12.0. The summed E-state index contributed by atoms with van der Waals surface area (Å²) in [7, 11) is 1.67. The van der Waals surface area contributed by atoms with Crippen molar-refractivity contribution in [3.8, 4) is 0 Å². The highest BCUT2D eigenvalue weighted by molar-refractivity contribution is 7.07. The SMILES string of the molecule is CN(Cc1ccsc1)C(=O)Nc1ccc(Cl)c(C(=O)O)c1. The number of aromatic carboxylic acids is 1. The van der Waals surface area contributed by atoms with E-state index in [0.29, 0.717) is 12.2 Å². The van der Waals surface area contributed by atoms with Crippen molar-refractivity contribution >= 4 is 40.6 Å². The van der Waals surface area contributed by atoms with Gasteiger partial charge in [0, 0.05) is 19.3 Å². The smallest absolute Gasteiger partial charge is 0.337 e. The van der Waals surface area contributed by atoms with Crippen LogP contribution in [-0.2, 0) is 6.54 Å². The Kier molecular flexibility index (Phi) is 4.82. The fraction of sp³-hybridized carbons (Fsp3) is 0.143. The molecule has 1 aromatic carbocycles. The number of nitrogens with zero attached hydrogens (tertiary/aromatic N) is 1. The number of rotatable bonds is 4. The summed E-state index contributed by atoms with van der Waals surface area (Å²) >= 11 is 7.35. The van der Waals surface area contributed by atoms with Crippen molar-refractivity contribution in [3.63, 3.8) is 0 Å². The summed E-state index contributed by atoms with van der Waals surface area (Å²) in [6, 6.07) is 5.96. The van der Waals surface area contributed by atoms with E-state index >= 15 is 0 Å². The Balaban J connectivity index is 2.05. The molecule has 0 saturated heterocycles. The number of carbonyl (C=O) groups is 2. The molecule has 7 heteroatoms. The number of carboxylic acid groups (broad SMARTS) is 1. The van der Waals surface area contributed by atoms with Gasteiger partial charge in [0.2, 0.25) is 0 Å². The van der Waals surface area contributed by atoms with Crippen LogP contribution in [0.2, 0.25) is 5.02 Å². The second-order valence-electron chi connectivity index (χ2n) is 4.42. The summed E-state index contributed by atoms with van der Waals surface area (Å²) in [4.78, 5) is 24.6. The third-order valence-electron chi connectivity index (χ3n) is 2.79. The standard InChI is InChI=1S/C14H13ClN2O3S/c1-17(7-9-4-5-21-8-9)14(20)16-10-2-3-12(15)11(6-10)13(18)19/h2-6,8H,7H2,1H3,(H,16,20)(H,18,19). The van der Waals surface area contributed by atoms with Crippen LogP contribution in [0.1, 0.15) is 15.9 Å². The topological polar surface area (TPSA) is 69.6 Å². The Hall–Kier alpha value is -2.05. The molecule has 2 N–H and O–H groups in total. The molecule has 110 valence electrons. The van der Waals surface area contributed by atoms with Crippen molar-refractivity contribution in [2.24, 2.45) is 0 Å². The predicted molar refractivity (Wildman–Crippen MR) is 83.2 cm³/mol. The van der Waals surface area contributed by atoms with Gasteiger partial charge in [0.15, 0.2) is 0 Å². The molecule has 0 radical (unpaired) electrons. The minimum absolute atomic E-state index is 0.0463. The van der Waals surface area contributed by atoms with Crippen LogP contribution < -0.4 is 5.32 Å². The van der Waals surface area contributed by atoms with Crippen LogP contribution in [-0.4, -0.2) is 29.1 Å². The van der Waals surface area contributed by atoms with Gasteiger partial charge in [0.25, 0.3) is 0 Å². The number of nitrogens with one attached hydrogen (secondary N) is 1. The first-order valence-corrected chi connectivity index (χ1v) is 7.35. The number of carboxylic acids is 1. The second-order valence-corrected chi connectivity index (χ2v) is 5.60. The summed E-state index contributed by atoms with van der Waals surface area (Å²) in [5.74, 6) is -1.14. The Morgan fingerprint density at radius 2 is 2.14 bits per heavy atom. The van der Waals surface area contributed by atoms with Crippen LogP contribution in [0.25, 0.3) is 0 Å². The van der Waals surface area contributed by atoms with Gasteiger partial charge in [0.1, 0.15) is 0 Å². The van der Waals surface area contributed by atoms with E-state index in [1.54, 1.807) is 24.5 Å². The van der Waals surface area contributed by atoms with Crippen LogP contribution >= 0.6 is 22.9 Å². The molecule has 0 aliphatic rings. The molecule has 0 aliphatic heterocycles. The number of thiophene rings is 1. The van der Waals surface area contributed by atoms with Gasteiger partial charge in [-0.05, 0) is 40.6 Å². The Bertz CT molecular complexity index is 658. The van der Waals surface area contributed by atoms with E-state index in [4.69, 9.17) is 16.7 Å². The van der Waals surface area contributed by atoms with E-state index in [0.717, 1.165) is 5.56 Å². The molecule has 0 fully saturated rings. The molecule has 0 spiro atoms. The third-order valence-corrected chi connectivity index (χ3v) is 3.86. The Morgan fingerprint density at radius 3 is 2.76 bits per heavy atom. The van der Waals surface area contributed by atoms with E-state index in [-0.39, 0.29) is 16.6 Å². The first-order valence-electron chi connectivity index (χ1n) is 6.03. The van der Waals surface area contributed by atoms with Gasteiger partial charge >= 0.3 is 12.0 Å². The van der Waals surface area contributed by atoms with Crippen LogP contribution in [0.15, 0.2) is 35.0 Å². The van der Waals surface area contributed by atoms with Gasteiger partial charge in [0.05, 0.1) is 10.6 Å². The van der Waals surface area contributed by atoms with Crippen molar-refractivity contribution in [3.05, 3.63) is 51.2 Å². The molecule has 0 bridgehead atoms. The van der Waals surface area contributed by atoms with E-state index < -0.39 is 5.97 Å². The lowest BCUT2D eigenvalue weighted by Crippen LogP contribution is -2.30. The maximum absolute atomic E-state index is 12.0. The molecular weight excluding hydrogens is 312 g/mol. The van der Waals surface area contributed by atoms with E-state index in [2.05, 4.69) is 5.32 Å². The summed E-state index contributed by atoms with van der Waals surface area (Å²) in [6.45, 7) is 0.481. The van der Waals surface area contributed by atoms with Gasteiger partial charge in [-0.15, -0.1) is 0 Å². The average molecular weight is 325 g/mol. The maximum Gasteiger partial charge on any atom is 0.337 e. The van der Waals surface area contributed by atoms with Crippen LogP contribution in [0, 0.1) is 0 Å². The number of hydrogen-bond donors (Lipinski definition) is 2. The van der Waals surface area contributed by atoms with Crippen molar-refractivity contribution in [2.75, 3.05) is 12.4 Å². The number of urea groups is 1. The van der Waals surface area contributed by atoms with Crippen molar-refractivity contribution in [1.82, 2.24) is 4.90 Å². The zero-order valence-corrected chi connectivity index (χ0v) is 12.7. The van der Waals surface area contributed by atoms with Crippen LogP contribution in [0.3, 0.4) is 0 Å². The summed E-state index contributed by atoms with van der Waals surface area (Å²) in [6.07, 6.45) is 0. The molecule has 2 rings (SSSR count). The number of hydrogen-bond acceptors (Lipinski definition) is 3. The molecular formula is C14H13ClN2O3S. The van der Waals surface area contributed by atoms with Gasteiger partial charge in [-0.25, -0.2) is 9.59 Å². The van der Waals surface area contributed by atoms with Crippen molar-refractivity contribution in [2.45, 2.75) is 6.54 Å². The highest BCUT2D eigenvalue weighted by Crippen LogP contribution is 2.21. The molecule has 0 unspecified atom stereocenters. The first-order chi connectivity index (χ1) is 9.97. The molecule has 0 atom stereocenters. The number of benzene rings is 1. The van der Waals surface area contributed by atoms with Crippen LogP contribution in [0.4, 0.5) is 10.5 Å². The van der Waals surface area contributed by atoms with Gasteiger partial charge in [-0.1, -0.05) is 11.6 Å². The monoisotopic (exact) mass is 324 g/mol. The minimum Gasteiger partial charge on any atom is -0.478 e. The number of amides is 2. The average Bonchev–Trinajstić information content (AvgIpc) is 2.93. The Labute approximate surface area is 130 Å². The fourth-order valence-corrected chi connectivity index (χ4v) is 2.57. The third kappa shape index (κ3) is 3.96. The molecule has 21 heavy (non-hydrogen) atoms. The molecule has 0 saturated carbocycles. The van der Waals surface area contributed by atoms with E-state index in [9.17, 15) is 9.59 Å². The minimum atomic E-state index is -1.14. The highest BCUT2D eigenvalue weighted by atomic mass is 35.5.